The summed E-state index contributed by atoms with van der Waals surface area (Å²) in [5.41, 5.74) is 0.619. The smallest absolute Gasteiger partial charge is 0.265 e. The molecule has 1 heterocycles. The highest BCUT2D eigenvalue weighted by atomic mass is 32.2. The zero-order valence-corrected chi connectivity index (χ0v) is 14.7. The first-order valence-corrected chi connectivity index (χ1v) is 9.38. The molecule has 7 heteroatoms. The summed E-state index contributed by atoms with van der Waals surface area (Å²) in [4.78, 5) is 4.30. The van der Waals surface area contributed by atoms with Crippen LogP contribution in [0.4, 0.5) is 11.5 Å². The molecule has 24 heavy (non-hydrogen) atoms. The normalized spacial score (nSPS) is 12.6. The van der Waals surface area contributed by atoms with Gasteiger partial charge in [0.25, 0.3) is 10.0 Å². The second kappa shape index (κ2) is 8.12. The maximum absolute atomic E-state index is 12.8. The van der Waals surface area contributed by atoms with Crippen LogP contribution < -0.4 is 9.62 Å². The second-order valence-corrected chi connectivity index (χ2v) is 7.18. The average molecular weight is 349 g/mol. The van der Waals surface area contributed by atoms with Crippen LogP contribution in [0.5, 0.6) is 0 Å². The largest absolute Gasteiger partial charge is 0.394 e. The lowest BCUT2D eigenvalue weighted by Gasteiger charge is -2.23. The van der Waals surface area contributed by atoms with E-state index < -0.39 is 10.0 Å². The molecule has 0 radical (unpaired) electrons. The van der Waals surface area contributed by atoms with Crippen LogP contribution in [0.2, 0.25) is 0 Å². The number of aliphatic hydroxyl groups is 1. The molecule has 0 fully saturated rings. The van der Waals surface area contributed by atoms with Crippen molar-refractivity contribution >= 4 is 21.5 Å². The summed E-state index contributed by atoms with van der Waals surface area (Å²) in [6.07, 6.45) is 2.09. The fourth-order valence-corrected chi connectivity index (χ4v) is 3.74. The van der Waals surface area contributed by atoms with E-state index in [1.54, 1.807) is 37.3 Å². The lowest BCUT2D eigenvalue weighted by Crippen LogP contribution is -2.31. The number of rotatable bonds is 8. The van der Waals surface area contributed by atoms with Crippen molar-refractivity contribution in [2.45, 2.75) is 31.2 Å². The number of sulfonamides is 1. The van der Waals surface area contributed by atoms with Crippen LogP contribution in [0.25, 0.3) is 0 Å². The van der Waals surface area contributed by atoms with Crippen molar-refractivity contribution in [3.05, 3.63) is 48.7 Å². The summed E-state index contributed by atoms with van der Waals surface area (Å²) in [7, 11) is -3.67. The quantitative estimate of drug-likeness (QED) is 0.765. The number of nitrogens with one attached hydrogen (secondary N) is 1. The van der Waals surface area contributed by atoms with Gasteiger partial charge in [0.15, 0.2) is 0 Å². The summed E-state index contributed by atoms with van der Waals surface area (Å²) in [6.45, 7) is 4.07. The monoisotopic (exact) mass is 349 g/mol. The van der Waals surface area contributed by atoms with Gasteiger partial charge in [-0.25, -0.2) is 13.4 Å². The van der Waals surface area contributed by atoms with E-state index in [1.807, 2.05) is 13.0 Å². The zero-order chi connectivity index (χ0) is 17.6. The molecule has 0 aliphatic carbocycles. The van der Waals surface area contributed by atoms with E-state index in [2.05, 4.69) is 10.3 Å². The van der Waals surface area contributed by atoms with Crippen molar-refractivity contribution in [3.63, 3.8) is 0 Å². The number of benzene rings is 1. The van der Waals surface area contributed by atoms with E-state index in [0.29, 0.717) is 18.1 Å². The predicted molar refractivity (Wildman–Crippen MR) is 95.7 cm³/mol. The number of aliphatic hydroxyl groups excluding tert-OH is 1. The van der Waals surface area contributed by atoms with Crippen LogP contribution in [0.1, 0.15) is 20.3 Å². The first-order valence-electron chi connectivity index (χ1n) is 7.94. The molecule has 1 aromatic heterocycles. The van der Waals surface area contributed by atoms with Crippen LogP contribution >= 0.6 is 0 Å². The Bertz CT molecular complexity index is 729. The highest BCUT2D eigenvalue weighted by Crippen LogP contribution is 2.23. The van der Waals surface area contributed by atoms with Crippen LogP contribution in [0.3, 0.4) is 0 Å². The number of pyridine rings is 1. The molecule has 130 valence electrons. The molecule has 1 atom stereocenters. The van der Waals surface area contributed by atoms with Crippen LogP contribution in [-0.4, -0.2) is 37.7 Å². The van der Waals surface area contributed by atoms with Crippen molar-refractivity contribution in [2.24, 2.45) is 0 Å². The molecule has 1 aromatic carbocycles. The van der Waals surface area contributed by atoms with Crippen molar-refractivity contribution in [3.8, 4) is 0 Å². The summed E-state index contributed by atoms with van der Waals surface area (Å²) in [5.74, 6) is 0.539. The van der Waals surface area contributed by atoms with Gasteiger partial charge in [-0.3, -0.25) is 4.31 Å². The van der Waals surface area contributed by atoms with Crippen LogP contribution in [-0.2, 0) is 10.0 Å². The van der Waals surface area contributed by atoms with E-state index in [9.17, 15) is 13.5 Å². The summed E-state index contributed by atoms with van der Waals surface area (Å²) in [6, 6.07) is 12.0. The van der Waals surface area contributed by atoms with Crippen molar-refractivity contribution < 1.29 is 13.5 Å². The first kappa shape index (κ1) is 18.2. The first-order chi connectivity index (χ1) is 11.5. The van der Waals surface area contributed by atoms with Crippen molar-refractivity contribution in [2.75, 3.05) is 22.8 Å². The van der Waals surface area contributed by atoms with Gasteiger partial charge < -0.3 is 10.4 Å². The Morgan fingerprint density at radius 3 is 2.38 bits per heavy atom. The minimum atomic E-state index is -3.67. The zero-order valence-electron chi connectivity index (χ0n) is 13.9. The number of para-hydroxylation sites is 1. The number of nitrogens with zero attached hydrogens (tertiary/aromatic N) is 2. The number of hydrogen-bond acceptors (Lipinski definition) is 5. The van der Waals surface area contributed by atoms with Gasteiger partial charge in [-0.1, -0.05) is 25.1 Å². The van der Waals surface area contributed by atoms with E-state index in [-0.39, 0.29) is 17.5 Å². The Labute approximate surface area is 143 Å². The van der Waals surface area contributed by atoms with Gasteiger partial charge in [0.2, 0.25) is 0 Å². The number of hydrogen-bond donors (Lipinski definition) is 2. The number of anilines is 2. The molecule has 0 aliphatic rings. The fraction of sp³-hybridized carbons (Fsp3) is 0.353. The molecule has 0 saturated heterocycles. The van der Waals surface area contributed by atoms with Gasteiger partial charge in [0.1, 0.15) is 10.7 Å². The van der Waals surface area contributed by atoms with Gasteiger partial charge >= 0.3 is 0 Å². The molecular formula is C17H23N3O3S. The fourth-order valence-electron chi connectivity index (χ4n) is 2.32. The Morgan fingerprint density at radius 2 is 1.88 bits per heavy atom. The van der Waals surface area contributed by atoms with E-state index in [0.717, 1.165) is 6.42 Å². The molecule has 6 nitrogen and oxygen atoms in total. The summed E-state index contributed by atoms with van der Waals surface area (Å²) >= 11 is 0. The van der Waals surface area contributed by atoms with E-state index >= 15 is 0 Å². The lowest BCUT2D eigenvalue weighted by atomic mass is 10.2. The maximum Gasteiger partial charge on any atom is 0.265 e. The van der Waals surface area contributed by atoms with Gasteiger partial charge in [0.05, 0.1) is 18.3 Å². The Kier molecular flexibility index (Phi) is 6.16. The molecule has 0 amide bonds. The van der Waals surface area contributed by atoms with Gasteiger partial charge in [-0.15, -0.1) is 0 Å². The molecule has 2 rings (SSSR count). The average Bonchev–Trinajstić information content (AvgIpc) is 2.61. The van der Waals surface area contributed by atoms with Crippen molar-refractivity contribution in [1.82, 2.24) is 4.98 Å². The van der Waals surface area contributed by atoms with E-state index in [1.165, 1.54) is 16.6 Å². The molecule has 0 aliphatic heterocycles. The van der Waals surface area contributed by atoms with Crippen LogP contribution in [0, 0.1) is 0 Å². The molecular weight excluding hydrogens is 326 g/mol. The van der Waals surface area contributed by atoms with Crippen LogP contribution in [0.15, 0.2) is 53.6 Å². The third-order valence-corrected chi connectivity index (χ3v) is 5.61. The Morgan fingerprint density at radius 1 is 1.17 bits per heavy atom. The summed E-state index contributed by atoms with van der Waals surface area (Å²) < 4.78 is 27.0. The molecule has 0 spiro atoms. The molecule has 0 unspecified atom stereocenters. The molecule has 0 bridgehead atoms. The van der Waals surface area contributed by atoms with Gasteiger partial charge in [-0.2, -0.15) is 0 Å². The number of aromatic nitrogens is 1. The minimum Gasteiger partial charge on any atom is -0.394 e. The van der Waals surface area contributed by atoms with Crippen molar-refractivity contribution in [1.29, 1.82) is 0 Å². The third-order valence-electron chi connectivity index (χ3n) is 3.72. The topological polar surface area (TPSA) is 82.5 Å². The minimum absolute atomic E-state index is 0.00412. The van der Waals surface area contributed by atoms with E-state index in [4.69, 9.17) is 0 Å². The van der Waals surface area contributed by atoms with Gasteiger partial charge in [-0.05, 0) is 37.6 Å². The highest BCUT2D eigenvalue weighted by Gasteiger charge is 2.23. The molecule has 0 saturated carbocycles. The standard InChI is InChI=1S/C17H23N3O3S/c1-3-14(13-21)19-17-11-10-16(12-18-17)24(22,23)20(4-2)15-8-6-5-7-9-15/h5-12,14,21H,3-4,13H2,1-2H3,(H,18,19)/t14-/m0/s1. The third kappa shape index (κ3) is 4.04. The Hall–Kier alpha value is -2.12. The van der Waals surface area contributed by atoms with Gasteiger partial charge in [0, 0.05) is 12.7 Å². The molecule has 2 aromatic rings. The SMILES string of the molecule is CC[C@@H](CO)Nc1ccc(S(=O)(=O)N(CC)c2ccccc2)cn1. The maximum atomic E-state index is 12.8. The second-order valence-electron chi connectivity index (χ2n) is 5.32. The summed E-state index contributed by atoms with van der Waals surface area (Å²) in [5, 5.41) is 12.3. The Balaban J connectivity index is 2.26. The lowest BCUT2D eigenvalue weighted by molar-refractivity contribution is 0.271. The highest BCUT2D eigenvalue weighted by molar-refractivity contribution is 7.92. The molecule has 2 N–H and O–H groups in total. The predicted octanol–water partition coefficient (Wildman–Crippen LogP) is 2.48.